The van der Waals surface area contributed by atoms with E-state index in [4.69, 9.17) is 0 Å². The van der Waals surface area contributed by atoms with Crippen molar-refractivity contribution in [2.75, 3.05) is 13.1 Å². The second kappa shape index (κ2) is 7.39. The first-order chi connectivity index (χ1) is 11.5. The van der Waals surface area contributed by atoms with E-state index in [1.807, 2.05) is 0 Å². The van der Waals surface area contributed by atoms with Crippen LogP contribution in [0.25, 0.3) is 10.9 Å². The number of carbonyl (C=O) groups is 1. The van der Waals surface area contributed by atoms with Crippen LogP contribution in [0, 0.1) is 5.92 Å². The molecule has 1 saturated heterocycles. The van der Waals surface area contributed by atoms with Gasteiger partial charge in [0.2, 0.25) is 5.91 Å². The second-order valence-corrected chi connectivity index (χ2v) is 7.34. The number of carbonyl (C=O) groups excluding carboxylic acids is 1. The Balaban J connectivity index is 1.53. The summed E-state index contributed by atoms with van der Waals surface area (Å²) >= 11 is 0. The minimum absolute atomic E-state index is 0.136. The van der Waals surface area contributed by atoms with Gasteiger partial charge in [-0.1, -0.05) is 18.2 Å². The molecule has 1 aromatic carbocycles. The van der Waals surface area contributed by atoms with Crippen molar-refractivity contribution in [1.82, 2.24) is 14.8 Å². The summed E-state index contributed by atoms with van der Waals surface area (Å²) < 4.78 is 2.22. The fourth-order valence-corrected chi connectivity index (χ4v) is 3.68. The molecule has 0 bridgehead atoms. The maximum Gasteiger partial charge on any atom is 0.223 e. The van der Waals surface area contributed by atoms with Crippen molar-refractivity contribution in [2.24, 2.45) is 5.92 Å². The Hall–Kier alpha value is -1.81. The summed E-state index contributed by atoms with van der Waals surface area (Å²) in [6, 6.07) is 11.2. The maximum absolute atomic E-state index is 12.5. The van der Waals surface area contributed by atoms with Gasteiger partial charge >= 0.3 is 0 Å². The summed E-state index contributed by atoms with van der Waals surface area (Å²) in [6.07, 6.45) is 4.06. The Bertz CT molecular complexity index is 683. The molecule has 1 aliphatic rings. The molecule has 3 rings (SSSR count). The number of nitrogens with one attached hydrogen (secondary N) is 1. The van der Waals surface area contributed by atoms with Crippen LogP contribution in [0.3, 0.4) is 0 Å². The van der Waals surface area contributed by atoms with Crippen LogP contribution in [0.4, 0.5) is 0 Å². The lowest BCUT2D eigenvalue weighted by molar-refractivity contribution is -0.127. The van der Waals surface area contributed by atoms with Crippen LogP contribution >= 0.6 is 0 Å². The molecule has 1 aromatic heterocycles. The molecule has 0 spiro atoms. The van der Waals surface area contributed by atoms with Gasteiger partial charge in [0.05, 0.1) is 0 Å². The van der Waals surface area contributed by atoms with Crippen LogP contribution in [0.5, 0.6) is 0 Å². The molecule has 0 unspecified atom stereocenters. The van der Waals surface area contributed by atoms with Gasteiger partial charge in [0.25, 0.3) is 0 Å². The van der Waals surface area contributed by atoms with E-state index in [-0.39, 0.29) is 17.9 Å². The fourth-order valence-electron chi connectivity index (χ4n) is 3.68. The smallest absolute Gasteiger partial charge is 0.223 e. The van der Waals surface area contributed by atoms with E-state index in [1.54, 1.807) is 0 Å². The predicted octanol–water partition coefficient (Wildman–Crippen LogP) is 3.27. The molecule has 1 aliphatic heterocycles. The number of rotatable bonds is 5. The molecule has 4 heteroatoms. The minimum Gasteiger partial charge on any atom is -0.352 e. The predicted molar refractivity (Wildman–Crippen MR) is 99.0 cm³/mol. The van der Waals surface area contributed by atoms with Gasteiger partial charge in [-0.2, -0.15) is 0 Å². The molecule has 2 aromatic rings. The molecule has 0 radical (unpaired) electrons. The van der Waals surface area contributed by atoms with Crippen molar-refractivity contribution in [3.05, 3.63) is 36.5 Å². The van der Waals surface area contributed by atoms with Gasteiger partial charge in [-0.05, 0) is 64.2 Å². The van der Waals surface area contributed by atoms with Gasteiger partial charge in [0.15, 0.2) is 0 Å². The normalized spacial score (nSPS) is 18.2. The first-order valence-electron chi connectivity index (χ1n) is 9.13. The third kappa shape index (κ3) is 3.81. The molecule has 0 saturated carbocycles. The molecule has 1 N–H and O–H groups in total. The third-order valence-corrected chi connectivity index (χ3v) is 5.17. The average Bonchev–Trinajstić information content (AvgIpc) is 2.98. The van der Waals surface area contributed by atoms with Crippen molar-refractivity contribution < 1.29 is 4.79 Å². The fraction of sp³-hybridized carbons (Fsp3) is 0.550. The van der Waals surface area contributed by atoms with Crippen LogP contribution < -0.4 is 5.32 Å². The molecule has 1 fully saturated rings. The van der Waals surface area contributed by atoms with E-state index in [2.05, 4.69) is 72.1 Å². The van der Waals surface area contributed by atoms with Gasteiger partial charge in [-0.15, -0.1) is 0 Å². The Morgan fingerprint density at radius 2 is 1.88 bits per heavy atom. The lowest BCUT2D eigenvalue weighted by Gasteiger charge is -2.34. The lowest BCUT2D eigenvalue weighted by atomic mass is 9.95. The SMILES string of the molecule is CC(C)N1CCC(C(=O)N[C@@H](C)Cn2ccc3ccccc32)CC1. The number of fused-ring (bicyclic) bond motifs is 1. The molecular formula is C20H29N3O. The summed E-state index contributed by atoms with van der Waals surface area (Å²) in [5.41, 5.74) is 1.23. The number of nitrogens with zero attached hydrogens (tertiary/aromatic N) is 2. The zero-order valence-electron chi connectivity index (χ0n) is 15.0. The zero-order chi connectivity index (χ0) is 17.1. The number of para-hydroxylation sites is 1. The first-order valence-corrected chi connectivity index (χ1v) is 9.13. The number of piperidine rings is 1. The van der Waals surface area contributed by atoms with Crippen molar-refractivity contribution in [3.8, 4) is 0 Å². The number of likely N-dealkylation sites (tertiary alicyclic amines) is 1. The summed E-state index contributed by atoms with van der Waals surface area (Å²) in [5.74, 6) is 0.395. The Morgan fingerprint density at radius 1 is 1.17 bits per heavy atom. The van der Waals surface area contributed by atoms with E-state index in [0.717, 1.165) is 32.5 Å². The minimum atomic E-state index is 0.136. The molecule has 2 heterocycles. The number of benzene rings is 1. The highest BCUT2D eigenvalue weighted by atomic mass is 16.1. The van der Waals surface area contributed by atoms with Gasteiger partial charge in [0.1, 0.15) is 0 Å². The zero-order valence-corrected chi connectivity index (χ0v) is 15.0. The highest BCUT2D eigenvalue weighted by molar-refractivity contribution is 5.80. The van der Waals surface area contributed by atoms with Crippen LogP contribution in [0.15, 0.2) is 36.5 Å². The Morgan fingerprint density at radius 3 is 2.58 bits per heavy atom. The van der Waals surface area contributed by atoms with E-state index >= 15 is 0 Å². The summed E-state index contributed by atoms with van der Waals surface area (Å²) in [4.78, 5) is 15.0. The monoisotopic (exact) mass is 327 g/mol. The molecule has 24 heavy (non-hydrogen) atoms. The number of hydrogen-bond acceptors (Lipinski definition) is 2. The summed E-state index contributed by atoms with van der Waals surface area (Å²) in [6.45, 7) is 9.42. The standard InChI is InChI=1S/C20H29N3O/c1-15(2)22-11-9-18(10-12-22)20(24)21-16(3)14-23-13-8-17-6-4-5-7-19(17)23/h4-8,13,15-16,18H,9-12,14H2,1-3H3,(H,21,24)/t16-/m0/s1. The third-order valence-electron chi connectivity index (χ3n) is 5.17. The molecule has 130 valence electrons. The Kier molecular flexibility index (Phi) is 5.24. The number of amides is 1. The first kappa shape index (κ1) is 17.0. The van der Waals surface area contributed by atoms with E-state index in [9.17, 15) is 4.79 Å². The number of hydrogen-bond donors (Lipinski definition) is 1. The Labute approximate surface area is 144 Å². The van der Waals surface area contributed by atoms with Crippen molar-refractivity contribution in [3.63, 3.8) is 0 Å². The molecule has 4 nitrogen and oxygen atoms in total. The van der Waals surface area contributed by atoms with E-state index in [0.29, 0.717) is 6.04 Å². The van der Waals surface area contributed by atoms with E-state index in [1.165, 1.54) is 10.9 Å². The largest absolute Gasteiger partial charge is 0.352 e. The van der Waals surface area contributed by atoms with Crippen LogP contribution in [-0.4, -0.2) is 40.5 Å². The van der Waals surface area contributed by atoms with Crippen molar-refractivity contribution >= 4 is 16.8 Å². The quantitative estimate of drug-likeness (QED) is 0.915. The van der Waals surface area contributed by atoms with Gasteiger partial charge in [-0.3, -0.25) is 4.79 Å². The summed E-state index contributed by atoms with van der Waals surface area (Å²) in [7, 11) is 0. The van der Waals surface area contributed by atoms with Crippen molar-refractivity contribution in [2.45, 2.75) is 52.2 Å². The van der Waals surface area contributed by atoms with Crippen LogP contribution in [-0.2, 0) is 11.3 Å². The van der Waals surface area contributed by atoms with Gasteiger partial charge in [-0.25, -0.2) is 0 Å². The average molecular weight is 327 g/mol. The van der Waals surface area contributed by atoms with Crippen LogP contribution in [0.1, 0.15) is 33.6 Å². The second-order valence-electron chi connectivity index (χ2n) is 7.34. The lowest BCUT2D eigenvalue weighted by Crippen LogP contribution is -2.45. The highest BCUT2D eigenvalue weighted by Crippen LogP contribution is 2.20. The van der Waals surface area contributed by atoms with Crippen LogP contribution in [0.2, 0.25) is 0 Å². The van der Waals surface area contributed by atoms with Gasteiger partial charge < -0.3 is 14.8 Å². The molecular weight excluding hydrogens is 298 g/mol. The van der Waals surface area contributed by atoms with E-state index < -0.39 is 0 Å². The maximum atomic E-state index is 12.5. The molecule has 1 amide bonds. The highest BCUT2D eigenvalue weighted by Gasteiger charge is 2.26. The summed E-state index contributed by atoms with van der Waals surface area (Å²) in [5, 5.41) is 4.47. The molecule has 1 atom stereocenters. The topological polar surface area (TPSA) is 37.3 Å². The van der Waals surface area contributed by atoms with Gasteiger partial charge in [0, 0.05) is 36.3 Å². The van der Waals surface area contributed by atoms with Crippen molar-refractivity contribution in [1.29, 1.82) is 0 Å². The molecule has 0 aliphatic carbocycles. The number of aromatic nitrogens is 1.